The van der Waals surface area contributed by atoms with Gasteiger partial charge in [-0.05, 0) is 40.5 Å². The highest BCUT2D eigenvalue weighted by atomic mass is 16.3. The molecule has 1 heterocycles. The van der Waals surface area contributed by atoms with Crippen molar-refractivity contribution in [2.24, 2.45) is 0 Å². The Kier molecular flexibility index (Phi) is 5.92. The molecule has 0 spiro atoms. The smallest absolute Gasteiger partial charge is 0.197 e. The number of fused-ring (bicyclic) bond motifs is 1. The van der Waals surface area contributed by atoms with Crippen molar-refractivity contribution in [3.63, 3.8) is 0 Å². The summed E-state index contributed by atoms with van der Waals surface area (Å²) in [6, 6.07) is 10.7. The van der Waals surface area contributed by atoms with Crippen LogP contribution >= 0.6 is 0 Å². The molecule has 4 heteroatoms. The van der Waals surface area contributed by atoms with Crippen LogP contribution in [0.15, 0.2) is 68.9 Å². The second-order valence-corrected chi connectivity index (χ2v) is 7.67. The monoisotopic (exact) mass is 390 g/mol. The van der Waals surface area contributed by atoms with E-state index in [1.807, 2.05) is 70.2 Å². The van der Waals surface area contributed by atoms with Gasteiger partial charge in [0.15, 0.2) is 5.43 Å². The first-order valence-corrected chi connectivity index (χ1v) is 9.65. The number of aromatic hydroxyl groups is 2. The number of rotatable bonds is 5. The maximum absolute atomic E-state index is 13.0. The fourth-order valence-corrected chi connectivity index (χ4v) is 3.22. The molecule has 0 amide bonds. The van der Waals surface area contributed by atoms with Crippen LogP contribution < -0.4 is 5.43 Å². The predicted molar refractivity (Wildman–Crippen MR) is 118 cm³/mol. The van der Waals surface area contributed by atoms with Crippen molar-refractivity contribution in [1.82, 2.24) is 0 Å². The molecule has 3 rings (SSSR count). The van der Waals surface area contributed by atoms with Crippen molar-refractivity contribution < 1.29 is 14.6 Å². The molecule has 0 aliphatic heterocycles. The van der Waals surface area contributed by atoms with E-state index in [4.69, 9.17) is 4.42 Å². The number of phenolic OH excluding ortho intramolecular Hbond substituents is 2. The quantitative estimate of drug-likeness (QED) is 0.533. The van der Waals surface area contributed by atoms with Crippen molar-refractivity contribution in [2.75, 3.05) is 0 Å². The van der Waals surface area contributed by atoms with E-state index >= 15 is 0 Å². The van der Waals surface area contributed by atoms with Crippen LogP contribution in [0.2, 0.25) is 0 Å². The molecule has 0 radical (unpaired) electrons. The molecular formula is C25H26O4. The molecule has 2 N–H and O–H groups in total. The molecule has 2 aromatic carbocycles. The summed E-state index contributed by atoms with van der Waals surface area (Å²) in [7, 11) is 0. The first-order chi connectivity index (χ1) is 13.8. The molecule has 4 nitrogen and oxygen atoms in total. The van der Waals surface area contributed by atoms with Crippen molar-refractivity contribution in [2.45, 2.75) is 40.5 Å². The third kappa shape index (κ3) is 4.27. The lowest BCUT2D eigenvalue weighted by Crippen LogP contribution is -2.05. The Labute approximate surface area is 170 Å². The third-order valence-electron chi connectivity index (χ3n) is 4.80. The first kappa shape index (κ1) is 20.5. The molecule has 0 saturated heterocycles. The van der Waals surface area contributed by atoms with Crippen LogP contribution in [0.1, 0.15) is 38.8 Å². The highest BCUT2D eigenvalue weighted by Crippen LogP contribution is 2.40. The van der Waals surface area contributed by atoms with Crippen LogP contribution in [-0.4, -0.2) is 10.2 Å². The minimum absolute atomic E-state index is 0.0293. The Morgan fingerprint density at radius 3 is 2.07 bits per heavy atom. The Balaban J connectivity index is 2.36. The zero-order valence-electron chi connectivity index (χ0n) is 17.2. The van der Waals surface area contributed by atoms with E-state index in [1.165, 1.54) is 6.07 Å². The fraction of sp³-hybridized carbons (Fsp3) is 0.240. The second-order valence-electron chi connectivity index (χ2n) is 7.67. The molecule has 0 saturated carbocycles. The normalized spacial score (nSPS) is 10.8. The van der Waals surface area contributed by atoms with Gasteiger partial charge in [0.2, 0.25) is 0 Å². The molecule has 0 aliphatic carbocycles. The molecule has 0 unspecified atom stereocenters. The summed E-state index contributed by atoms with van der Waals surface area (Å²) in [6.45, 7) is 7.82. The largest absolute Gasteiger partial charge is 0.507 e. The molecule has 0 atom stereocenters. The molecule has 0 bridgehead atoms. The highest BCUT2D eigenvalue weighted by Gasteiger charge is 2.22. The van der Waals surface area contributed by atoms with E-state index in [9.17, 15) is 15.0 Å². The zero-order valence-corrected chi connectivity index (χ0v) is 17.2. The predicted octanol–water partition coefficient (Wildman–Crippen LogP) is 5.89. The Hall–Kier alpha value is -3.27. The summed E-state index contributed by atoms with van der Waals surface area (Å²) < 4.78 is 6.07. The lowest BCUT2D eigenvalue weighted by atomic mass is 9.96. The van der Waals surface area contributed by atoms with Gasteiger partial charge in [-0.3, -0.25) is 4.79 Å². The van der Waals surface area contributed by atoms with E-state index < -0.39 is 0 Å². The van der Waals surface area contributed by atoms with Gasteiger partial charge in [0.1, 0.15) is 28.2 Å². The molecule has 29 heavy (non-hydrogen) atoms. The van der Waals surface area contributed by atoms with Crippen molar-refractivity contribution in [3.8, 4) is 22.8 Å². The molecule has 1 aromatic heterocycles. The number of hydrogen-bond acceptors (Lipinski definition) is 4. The van der Waals surface area contributed by atoms with E-state index in [0.717, 1.165) is 16.7 Å². The minimum atomic E-state index is -0.334. The van der Waals surface area contributed by atoms with Crippen LogP contribution in [-0.2, 0) is 12.8 Å². The van der Waals surface area contributed by atoms with Gasteiger partial charge in [-0.25, -0.2) is 0 Å². The van der Waals surface area contributed by atoms with E-state index in [0.29, 0.717) is 29.7 Å². The lowest BCUT2D eigenvalue weighted by molar-refractivity contribution is 0.438. The molecule has 0 fully saturated rings. The summed E-state index contributed by atoms with van der Waals surface area (Å²) in [5.74, 6) is 0.153. The Bertz CT molecular complexity index is 1160. The maximum Gasteiger partial charge on any atom is 0.197 e. The van der Waals surface area contributed by atoms with Gasteiger partial charge in [-0.1, -0.05) is 53.6 Å². The van der Waals surface area contributed by atoms with Gasteiger partial charge < -0.3 is 14.6 Å². The summed E-state index contributed by atoms with van der Waals surface area (Å²) in [5, 5.41) is 21.9. The van der Waals surface area contributed by atoms with E-state index in [1.54, 1.807) is 0 Å². The number of phenols is 2. The van der Waals surface area contributed by atoms with Crippen molar-refractivity contribution in [3.05, 3.63) is 81.0 Å². The summed E-state index contributed by atoms with van der Waals surface area (Å²) in [5.41, 5.74) is 3.64. The Morgan fingerprint density at radius 2 is 1.48 bits per heavy atom. The van der Waals surface area contributed by atoms with Crippen molar-refractivity contribution >= 4 is 11.0 Å². The number of hydrogen-bond donors (Lipinski definition) is 2. The van der Waals surface area contributed by atoms with Crippen molar-refractivity contribution in [1.29, 1.82) is 0 Å². The second kappa shape index (κ2) is 8.39. The molecule has 0 aliphatic rings. The maximum atomic E-state index is 13.0. The summed E-state index contributed by atoms with van der Waals surface area (Å²) in [6.07, 6.45) is 4.60. The minimum Gasteiger partial charge on any atom is -0.507 e. The van der Waals surface area contributed by atoms with Crippen LogP contribution in [0.25, 0.3) is 22.3 Å². The van der Waals surface area contributed by atoms with Gasteiger partial charge >= 0.3 is 0 Å². The zero-order chi connectivity index (χ0) is 21.1. The number of allylic oxidation sites excluding steroid dienone is 4. The fourth-order valence-electron chi connectivity index (χ4n) is 3.22. The Morgan fingerprint density at radius 1 is 0.897 bits per heavy atom. The third-order valence-corrected chi connectivity index (χ3v) is 4.80. The SMILES string of the molecule is CC(C)=CCc1c(O)c(CC=C(C)C)c2oc(-c3ccccc3)cc(=O)c2c1O. The highest BCUT2D eigenvalue weighted by molar-refractivity contribution is 5.91. The van der Waals surface area contributed by atoms with E-state index in [2.05, 4.69) is 0 Å². The molecular weight excluding hydrogens is 364 g/mol. The standard InChI is InChI=1S/C25H26O4/c1-15(2)10-12-18-23(27)19(13-11-16(3)4)25-22(24(18)28)20(26)14-21(29-25)17-8-6-5-7-9-17/h5-11,14,27-28H,12-13H2,1-4H3. The van der Waals surface area contributed by atoms with Gasteiger partial charge in [0.05, 0.1) is 0 Å². The van der Waals surface area contributed by atoms with Gasteiger partial charge in [-0.2, -0.15) is 0 Å². The van der Waals surface area contributed by atoms with Crippen LogP contribution in [0, 0.1) is 0 Å². The average molecular weight is 390 g/mol. The average Bonchev–Trinajstić information content (AvgIpc) is 2.67. The summed E-state index contributed by atoms with van der Waals surface area (Å²) in [4.78, 5) is 13.0. The first-order valence-electron chi connectivity index (χ1n) is 9.65. The van der Waals surface area contributed by atoms with Gasteiger partial charge in [0, 0.05) is 22.8 Å². The van der Waals surface area contributed by atoms with Gasteiger partial charge in [-0.15, -0.1) is 0 Å². The van der Waals surface area contributed by atoms with E-state index in [-0.39, 0.29) is 27.9 Å². The van der Waals surface area contributed by atoms with Gasteiger partial charge in [0.25, 0.3) is 0 Å². The molecule has 3 aromatic rings. The van der Waals surface area contributed by atoms with Crippen LogP contribution in [0.3, 0.4) is 0 Å². The lowest BCUT2D eigenvalue weighted by Gasteiger charge is -2.15. The number of benzene rings is 2. The summed E-state index contributed by atoms with van der Waals surface area (Å²) >= 11 is 0. The topological polar surface area (TPSA) is 70.7 Å². The van der Waals surface area contributed by atoms with Crippen LogP contribution in [0.5, 0.6) is 11.5 Å². The van der Waals surface area contributed by atoms with Crippen LogP contribution in [0.4, 0.5) is 0 Å². The molecule has 150 valence electrons.